The molecule has 1 aromatic heterocycles. The zero-order valence-electron chi connectivity index (χ0n) is 8.40. The van der Waals surface area contributed by atoms with E-state index in [0.717, 1.165) is 37.1 Å². The van der Waals surface area contributed by atoms with Gasteiger partial charge in [0.05, 0.1) is 5.69 Å². The zero-order valence-corrected chi connectivity index (χ0v) is 9.21. The Balaban J connectivity index is 1.99. The second-order valence-corrected chi connectivity index (χ2v) is 4.49. The highest BCUT2D eigenvalue weighted by molar-refractivity contribution is 7.15. The Kier molecular flexibility index (Phi) is 3.00. The predicted octanol–water partition coefficient (Wildman–Crippen LogP) is 1.21. The van der Waals surface area contributed by atoms with E-state index in [0.29, 0.717) is 5.13 Å². The second-order valence-electron chi connectivity index (χ2n) is 3.40. The van der Waals surface area contributed by atoms with Gasteiger partial charge in [-0.3, -0.25) is 10.1 Å². The Morgan fingerprint density at radius 1 is 1.38 bits per heavy atom. The lowest BCUT2D eigenvalue weighted by molar-refractivity contribution is -0.131. The molecule has 0 bridgehead atoms. The summed E-state index contributed by atoms with van der Waals surface area (Å²) in [6.07, 6.45) is 4.90. The minimum atomic E-state index is -1.14. The molecule has 2 rings (SSSR count). The quantitative estimate of drug-likeness (QED) is 0.776. The Bertz CT molecular complexity index is 443. The first-order chi connectivity index (χ1) is 7.65. The third-order valence-electron chi connectivity index (χ3n) is 2.20. The average molecular weight is 238 g/mol. The Morgan fingerprint density at radius 2 is 2.19 bits per heavy atom. The highest BCUT2D eigenvalue weighted by atomic mass is 32.1. The van der Waals surface area contributed by atoms with E-state index in [1.54, 1.807) is 0 Å². The van der Waals surface area contributed by atoms with Crippen molar-refractivity contribution in [2.45, 2.75) is 19.3 Å². The summed E-state index contributed by atoms with van der Waals surface area (Å²) >= 11 is 1.46. The molecule has 0 atom stereocenters. The number of amides is 1. The molecule has 0 radical (unpaired) electrons. The molecule has 0 unspecified atom stereocenters. The first-order valence-corrected chi connectivity index (χ1v) is 5.67. The van der Waals surface area contributed by atoms with Crippen LogP contribution in [0.3, 0.4) is 0 Å². The smallest absolute Gasteiger partial charge is 0.328 e. The van der Waals surface area contributed by atoms with Gasteiger partial charge in [-0.1, -0.05) is 0 Å². The van der Waals surface area contributed by atoms with E-state index in [4.69, 9.17) is 5.11 Å². The van der Waals surface area contributed by atoms with E-state index >= 15 is 0 Å². The summed E-state index contributed by atoms with van der Waals surface area (Å²) in [5.74, 6) is -1.60. The summed E-state index contributed by atoms with van der Waals surface area (Å²) in [6.45, 7) is 0. The van der Waals surface area contributed by atoms with Crippen molar-refractivity contribution in [3.05, 3.63) is 22.7 Å². The van der Waals surface area contributed by atoms with Gasteiger partial charge in [-0.25, -0.2) is 9.78 Å². The Hall–Kier alpha value is -1.69. The molecule has 0 saturated carbocycles. The number of nitrogens with zero attached hydrogens (tertiary/aromatic N) is 1. The molecule has 16 heavy (non-hydrogen) atoms. The van der Waals surface area contributed by atoms with Crippen molar-refractivity contribution in [1.29, 1.82) is 0 Å². The van der Waals surface area contributed by atoms with Crippen molar-refractivity contribution in [2.75, 3.05) is 5.32 Å². The Morgan fingerprint density at radius 3 is 2.88 bits per heavy atom. The summed E-state index contributed by atoms with van der Waals surface area (Å²) in [4.78, 5) is 26.9. The molecule has 6 heteroatoms. The van der Waals surface area contributed by atoms with Crippen LogP contribution in [0.2, 0.25) is 0 Å². The standard InChI is InChI=1S/C10H10N2O3S/c13-8(4-5-9(14)15)12-10-11-6-2-1-3-7(6)16-10/h4-5H,1-3H2,(H,14,15)(H,11,12,13)/b5-4+. The van der Waals surface area contributed by atoms with E-state index in [9.17, 15) is 9.59 Å². The number of carbonyl (C=O) groups is 2. The van der Waals surface area contributed by atoms with Crippen LogP contribution in [0.4, 0.5) is 5.13 Å². The number of hydrogen-bond donors (Lipinski definition) is 2. The molecule has 0 aliphatic heterocycles. The van der Waals surface area contributed by atoms with Crippen LogP contribution in [0.5, 0.6) is 0 Å². The van der Waals surface area contributed by atoms with Crippen LogP contribution in [0.25, 0.3) is 0 Å². The van der Waals surface area contributed by atoms with Gasteiger partial charge >= 0.3 is 5.97 Å². The molecule has 2 N–H and O–H groups in total. The lowest BCUT2D eigenvalue weighted by Gasteiger charge is -1.95. The summed E-state index contributed by atoms with van der Waals surface area (Å²) < 4.78 is 0. The van der Waals surface area contributed by atoms with Gasteiger partial charge in [-0.05, 0) is 19.3 Å². The molecule has 5 nitrogen and oxygen atoms in total. The molecule has 1 heterocycles. The number of thiazole rings is 1. The van der Waals surface area contributed by atoms with E-state index < -0.39 is 11.9 Å². The van der Waals surface area contributed by atoms with Crippen molar-refractivity contribution < 1.29 is 14.7 Å². The first kappa shape index (κ1) is 10.8. The first-order valence-electron chi connectivity index (χ1n) is 4.86. The lowest BCUT2D eigenvalue weighted by atomic mass is 10.4. The SMILES string of the molecule is O=C(O)/C=C/C(=O)Nc1nc2c(s1)CCC2. The van der Waals surface area contributed by atoms with Crippen molar-refractivity contribution in [1.82, 2.24) is 4.98 Å². The number of carboxylic acid groups (broad SMARTS) is 1. The summed E-state index contributed by atoms with van der Waals surface area (Å²) in [5, 5.41) is 11.4. The van der Waals surface area contributed by atoms with Crippen LogP contribution in [0.1, 0.15) is 17.0 Å². The van der Waals surface area contributed by atoms with Crippen molar-refractivity contribution in [3.63, 3.8) is 0 Å². The maximum atomic E-state index is 11.2. The fraction of sp³-hybridized carbons (Fsp3) is 0.300. The van der Waals surface area contributed by atoms with Gasteiger partial charge in [0.1, 0.15) is 0 Å². The number of nitrogens with one attached hydrogen (secondary N) is 1. The number of hydrogen-bond acceptors (Lipinski definition) is 4. The molecular formula is C10H10N2O3S. The molecular weight excluding hydrogens is 228 g/mol. The Labute approximate surface area is 95.8 Å². The minimum absolute atomic E-state index is 0.463. The molecule has 1 aromatic rings. The third kappa shape index (κ3) is 2.46. The van der Waals surface area contributed by atoms with Crippen LogP contribution >= 0.6 is 11.3 Å². The number of aromatic nitrogens is 1. The molecule has 1 amide bonds. The van der Waals surface area contributed by atoms with Gasteiger partial charge in [-0.2, -0.15) is 0 Å². The number of rotatable bonds is 3. The van der Waals surface area contributed by atoms with Gasteiger partial charge in [0.15, 0.2) is 5.13 Å². The van der Waals surface area contributed by atoms with Gasteiger partial charge in [-0.15, -0.1) is 11.3 Å². The average Bonchev–Trinajstić information content (AvgIpc) is 2.74. The summed E-state index contributed by atoms with van der Waals surface area (Å²) in [5.41, 5.74) is 1.06. The summed E-state index contributed by atoms with van der Waals surface area (Å²) in [7, 11) is 0. The zero-order chi connectivity index (χ0) is 11.5. The molecule has 84 valence electrons. The van der Waals surface area contributed by atoms with Crippen LogP contribution in [0.15, 0.2) is 12.2 Å². The predicted molar refractivity (Wildman–Crippen MR) is 59.5 cm³/mol. The monoisotopic (exact) mass is 238 g/mol. The fourth-order valence-electron chi connectivity index (χ4n) is 1.54. The van der Waals surface area contributed by atoms with Crippen LogP contribution in [-0.2, 0) is 22.4 Å². The van der Waals surface area contributed by atoms with Gasteiger partial charge < -0.3 is 5.11 Å². The topological polar surface area (TPSA) is 79.3 Å². The third-order valence-corrected chi connectivity index (χ3v) is 3.28. The molecule has 0 fully saturated rings. The number of anilines is 1. The van der Waals surface area contributed by atoms with E-state index in [1.165, 1.54) is 16.2 Å². The number of aryl methyl sites for hydroxylation is 2. The number of carboxylic acids is 1. The molecule has 0 aromatic carbocycles. The number of aliphatic carboxylic acids is 1. The molecule has 0 spiro atoms. The minimum Gasteiger partial charge on any atom is -0.478 e. The molecule has 1 aliphatic carbocycles. The lowest BCUT2D eigenvalue weighted by Crippen LogP contribution is -2.08. The van der Waals surface area contributed by atoms with Gasteiger partial charge in [0.2, 0.25) is 5.91 Å². The van der Waals surface area contributed by atoms with Gasteiger partial charge in [0.25, 0.3) is 0 Å². The highest BCUT2D eigenvalue weighted by Gasteiger charge is 2.17. The number of fused-ring (bicyclic) bond motifs is 1. The molecule has 0 saturated heterocycles. The number of carbonyl (C=O) groups excluding carboxylic acids is 1. The summed E-state index contributed by atoms with van der Waals surface area (Å²) in [6, 6.07) is 0. The second kappa shape index (κ2) is 4.44. The van der Waals surface area contributed by atoms with Crippen molar-refractivity contribution in [2.24, 2.45) is 0 Å². The maximum Gasteiger partial charge on any atom is 0.328 e. The van der Waals surface area contributed by atoms with Crippen LogP contribution < -0.4 is 5.32 Å². The largest absolute Gasteiger partial charge is 0.478 e. The fourth-order valence-corrected chi connectivity index (χ4v) is 2.59. The van der Waals surface area contributed by atoms with Crippen LogP contribution in [0, 0.1) is 0 Å². The maximum absolute atomic E-state index is 11.2. The van der Waals surface area contributed by atoms with Gasteiger partial charge in [0, 0.05) is 17.0 Å². The normalized spacial score (nSPS) is 14.0. The van der Waals surface area contributed by atoms with Crippen molar-refractivity contribution in [3.8, 4) is 0 Å². The van der Waals surface area contributed by atoms with E-state index in [2.05, 4.69) is 10.3 Å². The molecule has 1 aliphatic rings. The van der Waals surface area contributed by atoms with E-state index in [-0.39, 0.29) is 0 Å². The highest BCUT2D eigenvalue weighted by Crippen LogP contribution is 2.30. The van der Waals surface area contributed by atoms with E-state index in [1.807, 2.05) is 0 Å². The van der Waals surface area contributed by atoms with Crippen LogP contribution in [-0.4, -0.2) is 22.0 Å². The van der Waals surface area contributed by atoms with Crippen molar-refractivity contribution >= 4 is 28.3 Å².